The van der Waals surface area contributed by atoms with Crippen LogP contribution >= 0.6 is 11.5 Å². The Kier molecular flexibility index (Phi) is 3.83. The Morgan fingerprint density at radius 2 is 2.05 bits per heavy atom. The number of aromatic nitrogens is 1. The first-order valence-corrected chi connectivity index (χ1v) is 7.86. The zero-order valence-electron chi connectivity index (χ0n) is 10.0. The number of ether oxygens (including phenoxy) is 1. The highest BCUT2D eigenvalue weighted by Crippen LogP contribution is 2.33. The maximum absolute atomic E-state index is 11.8. The van der Waals surface area contributed by atoms with Gasteiger partial charge in [0.15, 0.2) is 14.9 Å². The summed E-state index contributed by atoms with van der Waals surface area (Å²) in [6, 6.07) is 10.7. The number of benzene rings is 1. The molecule has 7 heteroatoms. The van der Waals surface area contributed by atoms with E-state index in [0.29, 0.717) is 5.75 Å². The highest BCUT2D eigenvalue weighted by molar-refractivity contribution is 7.91. The third kappa shape index (κ3) is 2.75. The van der Waals surface area contributed by atoms with Crippen molar-refractivity contribution in [2.45, 2.75) is 11.9 Å². The van der Waals surface area contributed by atoms with Crippen LogP contribution < -0.4 is 4.74 Å². The summed E-state index contributed by atoms with van der Waals surface area (Å²) >= 11 is 0.864. The lowest BCUT2D eigenvalue weighted by atomic mass is 10.3. The number of hydrogen-bond acceptors (Lipinski definition) is 6. The van der Waals surface area contributed by atoms with E-state index in [9.17, 15) is 8.42 Å². The fourth-order valence-corrected chi connectivity index (χ4v) is 3.35. The minimum absolute atomic E-state index is 0.0318. The van der Waals surface area contributed by atoms with E-state index in [2.05, 4.69) is 4.37 Å². The maximum atomic E-state index is 11.8. The Bertz CT molecular complexity index is 715. The van der Waals surface area contributed by atoms with Crippen molar-refractivity contribution in [3.63, 3.8) is 0 Å². The van der Waals surface area contributed by atoms with Crippen LogP contribution in [0.4, 0.5) is 0 Å². The number of rotatable bonds is 4. The predicted molar refractivity (Wildman–Crippen MR) is 71.1 cm³/mol. The van der Waals surface area contributed by atoms with E-state index in [1.54, 1.807) is 24.3 Å². The number of hydrogen-bond donors (Lipinski definition) is 0. The lowest BCUT2D eigenvalue weighted by Crippen LogP contribution is -2.05. The predicted octanol–water partition coefficient (Wildman–Crippen LogP) is 2.60. The van der Waals surface area contributed by atoms with Gasteiger partial charge in [-0.25, -0.2) is 8.42 Å². The van der Waals surface area contributed by atoms with E-state index < -0.39 is 9.84 Å². The topological polar surface area (TPSA) is 80.1 Å². The molecule has 0 saturated carbocycles. The molecule has 98 valence electrons. The van der Waals surface area contributed by atoms with E-state index in [-0.39, 0.29) is 21.4 Å². The fourth-order valence-electron chi connectivity index (χ4n) is 1.37. The van der Waals surface area contributed by atoms with Gasteiger partial charge in [-0.2, -0.15) is 9.64 Å². The average Bonchev–Trinajstić information content (AvgIpc) is 2.83. The molecule has 0 fully saturated rings. The molecule has 2 rings (SSSR count). The van der Waals surface area contributed by atoms with Crippen molar-refractivity contribution in [3.05, 3.63) is 35.9 Å². The molecule has 1 heterocycles. The number of nitrogens with zero attached hydrogens (tertiary/aromatic N) is 2. The van der Waals surface area contributed by atoms with Crippen LogP contribution in [0.25, 0.3) is 0 Å². The van der Waals surface area contributed by atoms with Crippen molar-refractivity contribution >= 4 is 21.4 Å². The molecule has 0 aliphatic carbocycles. The Morgan fingerprint density at radius 3 is 2.63 bits per heavy atom. The Balaban J connectivity index is 2.42. The third-order valence-electron chi connectivity index (χ3n) is 2.37. The summed E-state index contributed by atoms with van der Waals surface area (Å²) in [5.74, 6) is 0.430. The lowest BCUT2D eigenvalue weighted by Gasteiger charge is -2.02. The molecule has 0 unspecified atom stereocenters. The first-order chi connectivity index (χ1) is 9.08. The summed E-state index contributed by atoms with van der Waals surface area (Å²) in [4.78, 5) is 0. The van der Waals surface area contributed by atoms with Crippen LogP contribution in [0.5, 0.6) is 10.8 Å². The van der Waals surface area contributed by atoms with Crippen LogP contribution in [-0.2, 0) is 9.84 Å². The van der Waals surface area contributed by atoms with Crippen LogP contribution in [0.15, 0.2) is 35.4 Å². The minimum atomic E-state index is -3.52. The second-order valence-electron chi connectivity index (χ2n) is 3.58. The third-order valence-corrected chi connectivity index (χ3v) is 4.86. The standard InChI is InChI=1S/C12H10N2O3S2/c1-2-19(15,16)11-10(8-13)12(18-14-11)17-9-6-4-3-5-7-9/h3-7H,2H2,1H3. The number of para-hydroxylation sites is 1. The normalized spacial score (nSPS) is 10.9. The monoisotopic (exact) mass is 294 g/mol. The van der Waals surface area contributed by atoms with Gasteiger partial charge in [0, 0.05) is 11.5 Å². The van der Waals surface area contributed by atoms with Crippen molar-refractivity contribution in [2.75, 3.05) is 5.75 Å². The SMILES string of the molecule is CCS(=O)(=O)c1nsc(Oc2ccccc2)c1C#N. The van der Waals surface area contributed by atoms with E-state index >= 15 is 0 Å². The molecule has 0 amide bonds. The first kappa shape index (κ1) is 13.5. The summed E-state index contributed by atoms with van der Waals surface area (Å²) in [6.45, 7) is 1.51. The van der Waals surface area contributed by atoms with Gasteiger partial charge in [-0.1, -0.05) is 25.1 Å². The molecule has 0 saturated heterocycles. The van der Waals surface area contributed by atoms with Crippen molar-refractivity contribution in [3.8, 4) is 16.9 Å². The molecule has 0 spiro atoms. The van der Waals surface area contributed by atoms with Gasteiger partial charge in [0.2, 0.25) is 5.06 Å². The van der Waals surface area contributed by atoms with Gasteiger partial charge in [-0.15, -0.1) is 0 Å². The van der Waals surface area contributed by atoms with Crippen molar-refractivity contribution < 1.29 is 13.2 Å². The zero-order chi connectivity index (χ0) is 13.9. The molecule has 0 aliphatic rings. The van der Waals surface area contributed by atoms with E-state index in [1.165, 1.54) is 6.92 Å². The molecule has 19 heavy (non-hydrogen) atoms. The maximum Gasteiger partial charge on any atom is 0.219 e. The van der Waals surface area contributed by atoms with E-state index in [4.69, 9.17) is 10.00 Å². The molecule has 0 aliphatic heterocycles. The second kappa shape index (κ2) is 5.38. The summed E-state index contributed by atoms with van der Waals surface area (Å²) in [7, 11) is -3.52. The van der Waals surface area contributed by atoms with Crippen LogP contribution in [0.1, 0.15) is 12.5 Å². The van der Waals surface area contributed by atoms with Crippen LogP contribution in [0.3, 0.4) is 0 Å². The van der Waals surface area contributed by atoms with Crippen LogP contribution in [-0.4, -0.2) is 18.5 Å². The highest BCUT2D eigenvalue weighted by Gasteiger charge is 2.25. The molecule has 0 N–H and O–H groups in total. The van der Waals surface area contributed by atoms with E-state index in [1.807, 2.05) is 12.1 Å². The molecule has 2 aromatic rings. The molecule has 5 nitrogen and oxygen atoms in total. The smallest absolute Gasteiger partial charge is 0.219 e. The molecule has 0 atom stereocenters. The summed E-state index contributed by atoms with van der Waals surface area (Å²) in [5, 5.41) is 9.09. The van der Waals surface area contributed by atoms with Crippen LogP contribution in [0, 0.1) is 11.3 Å². The van der Waals surface area contributed by atoms with Gasteiger partial charge in [-0.3, -0.25) is 0 Å². The van der Waals surface area contributed by atoms with Gasteiger partial charge in [-0.05, 0) is 12.1 Å². The summed E-state index contributed by atoms with van der Waals surface area (Å²) in [6.07, 6.45) is 0. The molecular weight excluding hydrogens is 284 g/mol. The molecule has 0 bridgehead atoms. The first-order valence-electron chi connectivity index (χ1n) is 5.44. The summed E-state index contributed by atoms with van der Waals surface area (Å²) < 4.78 is 32.9. The molecule has 1 aromatic heterocycles. The highest BCUT2D eigenvalue weighted by atomic mass is 32.2. The van der Waals surface area contributed by atoms with Gasteiger partial charge in [0.25, 0.3) is 0 Å². The fraction of sp³-hybridized carbons (Fsp3) is 0.167. The van der Waals surface area contributed by atoms with Crippen molar-refractivity contribution in [1.29, 1.82) is 5.26 Å². The minimum Gasteiger partial charge on any atom is -0.444 e. The molecule has 1 aromatic carbocycles. The Morgan fingerprint density at radius 1 is 1.37 bits per heavy atom. The Labute approximate surface area is 115 Å². The summed E-state index contributed by atoms with van der Waals surface area (Å²) in [5.41, 5.74) is -0.0318. The lowest BCUT2D eigenvalue weighted by molar-refractivity contribution is 0.494. The largest absolute Gasteiger partial charge is 0.444 e. The quantitative estimate of drug-likeness (QED) is 0.865. The second-order valence-corrected chi connectivity index (χ2v) is 6.51. The molecule has 0 radical (unpaired) electrons. The van der Waals surface area contributed by atoms with Gasteiger partial charge in [0.1, 0.15) is 17.4 Å². The average molecular weight is 294 g/mol. The van der Waals surface area contributed by atoms with Gasteiger partial charge >= 0.3 is 0 Å². The number of nitriles is 1. The van der Waals surface area contributed by atoms with Gasteiger partial charge < -0.3 is 4.74 Å². The van der Waals surface area contributed by atoms with Gasteiger partial charge in [0.05, 0.1) is 5.75 Å². The Hall–Kier alpha value is -1.91. The van der Waals surface area contributed by atoms with E-state index in [0.717, 1.165) is 11.5 Å². The van der Waals surface area contributed by atoms with Crippen LogP contribution in [0.2, 0.25) is 0 Å². The molecular formula is C12H10N2O3S2. The van der Waals surface area contributed by atoms with Crippen molar-refractivity contribution in [2.24, 2.45) is 0 Å². The van der Waals surface area contributed by atoms with Crippen molar-refractivity contribution in [1.82, 2.24) is 4.37 Å². The zero-order valence-corrected chi connectivity index (χ0v) is 11.7. The number of sulfone groups is 1.